The number of hydrogen-bond donors (Lipinski definition) is 1. The van der Waals surface area contributed by atoms with Crippen molar-refractivity contribution in [3.63, 3.8) is 0 Å². The van der Waals surface area contributed by atoms with Crippen molar-refractivity contribution in [2.45, 2.75) is 44.6 Å². The summed E-state index contributed by atoms with van der Waals surface area (Å²) in [7, 11) is 0. The monoisotopic (exact) mass is 299 g/mol. The maximum atomic E-state index is 6.35. The van der Waals surface area contributed by atoms with Crippen molar-refractivity contribution >= 4 is 11.8 Å². The summed E-state index contributed by atoms with van der Waals surface area (Å²) in [5.41, 5.74) is 11.6. The van der Waals surface area contributed by atoms with E-state index in [-0.39, 0.29) is 6.04 Å². The van der Waals surface area contributed by atoms with E-state index in [0.29, 0.717) is 5.92 Å². The summed E-state index contributed by atoms with van der Waals surface area (Å²) >= 11 is 1.83. The fourth-order valence-electron chi connectivity index (χ4n) is 2.47. The first-order valence-corrected chi connectivity index (χ1v) is 8.51. The highest BCUT2D eigenvalue weighted by atomic mass is 32.2. The molecule has 0 fully saturated rings. The molecular formula is C19H25NS. The molecule has 2 heteroatoms. The van der Waals surface area contributed by atoms with E-state index in [1.165, 1.54) is 27.1 Å². The molecule has 2 rings (SSSR count). The first kappa shape index (κ1) is 16.1. The van der Waals surface area contributed by atoms with Gasteiger partial charge in [0, 0.05) is 16.7 Å². The molecule has 2 aromatic rings. The van der Waals surface area contributed by atoms with Crippen LogP contribution in [-0.2, 0) is 0 Å². The minimum atomic E-state index is 0.0837. The van der Waals surface area contributed by atoms with Gasteiger partial charge in [-0.1, -0.05) is 49.7 Å². The predicted molar refractivity (Wildman–Crippen MR) is 94.1 cm³/mol. The molecule has 0 saturated heterocycles. The van der Waals surface area contributed by atoms with E-state index in [4.69, 9.17) is 5.73 Å². The Morgan fingerprint density at radius 1 is 1.00 bits per heavy atom. The number of hydrogen-bond acceptors (Lipinski definition) is 2. The number of nitrogens with two attached hydrogens (primary N) is 1. The molecular weight excluding hydrogens is 274 g/mol. The van der Waals surface area contributed by atoms with Crippen LogP contribution in [0.1, 0.15) is 48.1 Å². The van der Waals surface area contributed by atoms with Gasteiger partial charge in [-0.2, -0.15) is 0 Å². The highest BCUT2D eigenvalue weighted by molar-refractivity contribution is 7.99. The van der Waals surface area contributed by atoms with Crippen LogP contribution in [0.2, 0.25) is 0 Å². The van der Waals surface area contributed by atoms with Gasteiger partial charge < -0.3 is 5.73 Å². The fraction of sp³-hybridized carbons (Fsp3) is 0.368. The molecule has 1 unspecified atom stereocenters. The number of benzene rings is 2. The van der Waals surface area contributed by atoms with Crippen LogP contribution in [0.3, 0.4) is 0 Å². The third kappa shape index (κ3) is 4.36. The van der Waals surface area contributed by atoms with Gasteiger partial charge in [0.15, 0.2) is 0 Å². The zero-order valence-electron chi connectivity index (χ0n) is 13.4. The summed E-state index contributed by atoms with van der Waals surface area (Å²) in [6, 6.07) is 15.4. The molecule has 0 spiro atoms. The van der Waals surface area contributed by atoms with Crippen molar-refractivity contribution in [3.8, 4) is 0 Å². The van der Waals surface area contributed by atoms with Crippen molar-refractivity contribution in [2.24, 2.45) is 5.73 Å². The van der Waals surface area contributed by atoms with Gasteiger partial charge in [-0.3, -0.25) is 0 Å². The van der Waals surface area contributed by atoms with E-state index in [9.17, 15) is 0 Å². The Morgan fingerprint density at radius 3 is 2.24 bits per heavy atom. The van der Waals surface area contributed by atoms with Crippen LogP contribution >= 0.6 is 11.8 Å². The van der Waals surface area contributed by atoms with E-state index >= 15 is 0 Å². The molecule has 0 radical (unpaired) electrons. The van der Waals surface area contributed by atoms with Crippen LogP contribution in [0.4, 0.5) is 0 Å². The maximum absolute atomic E-state index is 6.35. The van der Waals surface area contributed by atoms with Crippen LogP contribution in [0, 0.1) is 13.8 Å². The second kappa shape index (κ2) is 7.15. The Morgan fingerprint density at radius 2 is 1.67 bits per heavy atom. The Bertz CT molecular complexity index is 587. The summed E-state index contributed by atoms with van der Waals surface area (Å²) in [4.78, 5) is 1.29. The molecule has 2 N–H and O–H groups in total. The van der Waals surface area contributed by atoms with Gasteiger partial charge in [0.2, 0.25) is 0 Å². The lowest BCUT2D eigenvalue weighted by Crippen LogP contribution is -2.14. The topological polar surface area (TPSA) is 26.0 Å². The zero-order chi connectivity index (χ0) is 15.4. The van der Waals surface area contributed by atoms with Crippen molar-refractivity contribution in [1.82, 2.24) is 0 Å². The Balaban J connectivity index is 1.98. The lowest BCUT2D eigenvalue weighted by atomic mass is 10.0. The van der Waals surface area contributed by atoms with E-state index in [1.54, 1.807) is 0 Å². The standard InChI is InChI=1S/C19H25NS/c1-13(2)16-6-8-17(9-7-16)21-12-19(20)18-10-5-14(3)11-15(18)4/h5-11,13,19H,12,20H2,1-4H3. The van der Waals surface area contributed by atoms with Crippen molar-refractivity contribution < 1.29 is 0 Å². The summed E-state index contributed by atoms with van der Waals surface area (Å²) in [6.45, 7) is 8.70. The van der Waals surface area contributed by atoms with Gasteiger partial charge in [-0.05, 0) is 48.6 Å². The van der Waals surface area contributed by atoms with Gasteiger partial charge in [-0.25, -0.2) is 0 Å². The average Bonchev–Trinajstić information content (AvgIpc) is 2.45. The van der Waals surface area contributed by atoms with Crippen LogP contribution in [0.25, 0.3) is 0 Å². The number of rotatable bonds is 5. The lowest BCUT2D eigenvalue weighted by molar-refractivity contribution is 0.821. The quantitative estimate of drug-likeness (QED) is 0.766. The minimum absolute atomic E-state index is 0.0837. The van der Waals surface area contributed by atoms with Crippen molar-refractivity contribution in [1.29, 1.82) is 0 Å². The van der Waals surface area contributed by atoms with Gasteiger partial charge in [0.25, 0.3) is 0 Å². The fourth-order valence-corrected chi connectivity index (χ4v) is 3.35. The van der Waals surface area contributed by atoms with E-state index < -0.39 is 0 Å². The second-order valence-electron chi connectivity index (χ2n) is 6.00. The second-order valence-corrected chi connectivity index (χ2v) is 7.09. The first-order valence-electron chi connectivity index (χ1n) is 7.53. The highest BCUT2D eigenvalue weighted by Gasteiger charge is 2.10. The van der Waals surface area contributed by atoms with E-state index in [2.05, 4.69) is 70.2 Å². The summed E-state index contributed by atoms with van der Waals surface area (Å²) in [5.74, 6) is 1.49. The molecule has 0 aliphatic rings. The van der Waals surface area contributed by atoms with Gasteiger partial charge in [0.05, 0.1) is 0 Å². The molecule has 0 aliphatic carbocycles. The normalized spacial score (nSPS) is 12.7. The molecule has 1 nitrogen and oxygen atoms in total. The number of aryl methyl sites for hydroxylation is 2. The Kier molecular flexibility index (Phi) is 5.49. The van der Waals surface area contributed by atoms with Gasteiger partial charge in [0.1, 0.15) is 0 Å². The minimum Gasteiger partial charge on any atom is -0.323 e. The maximum Gasteiger partial charge on any atom is 0.0392 e. The highest BCUT2D eigenvalue weighted by Crippen LogP contribution is 2.26. The molecule has 0 heterocycles. The summed E-state index contributed by atoms with van der Waals surface area (Å²) < 4.78 is 0. The van der Waals surface area contributed by atoms with E-state index in [1.807, 2.05) is 11.8 Å². The predicted octanol–water partition coefficient (Wildman–Crippen LogP) is 5.22. The third-order valence-electron chi connectivity index (χ3n) is 3.80. The van der Waals surface area contributed by atoms with E-state index in [0.717, 1.165) is 5.75 Å². The molecule has 0 amide bonds. The third-order valence-corrected chi connectivity index (χ3v) is 4.93. The van der Waals surface area contributed by atoms with Crippen LogP contribution < -0.4 is 5.73 Å². The molecule has 0 aliphatic heterocycles. The van der Waals surface area contributed by atoms with Crippen LogP contribution in [-0.4, -0.2) is 5.75 Å². The smallest absolute Gasteiger partial charge is 0.0392 e. The molecule has 0 aromatic heterocycles. The summed E-state index contributed by atoms with van der Waals surface area (Å²) in [6.07, 6.45) is 0. The van der Waals surface area contributed by atoms with Crippen LogP contribution in [0.15, 0.2) is 47.4 Å². The molecule has 2 aromatic carbocycles. The summed E-state index contributed by atoms with van der Waals surface area (Å²) in [5, 5.41) is 0. The van der Waals surface area contributed by atoms with Crippen LogP contribution in [0.5, 0.6) is 0 Å². The van der Waals surface area contributed by atoms with Crippen molar-refractivity contribution in [2.75, 3.05) is 5.75 Å². The SMILES string of the molecule is Cc1ccc(C(N)CSc2ccc(C(C)C)cc2)c(C)c1. The van der Waals surface area contributed by atoms with Crippen molar-refractivity contribution in [3.05, 3.63) is 64.7 Å². The molecule has 112 valence electrons. The molecule has 0 saturated carbocycles. The van der Waals surface area contributed by atoms with Gasteiger partial charge in [-0.15, -0.1) is 11.8 Å². The zero-order valence-corrected chi connectivity index (χ0v) is 14.2. The molecule has 0 bridgehead atoms. The Hall–Kier alpha value is -1.25. The lowest BCUT2D eigenvalue weighted by Gasteiger charge is -2.15. The molecule has 21 heavy (non-hydrogen) atoms. The average molecular weight is 299 g/mol. The Labute approximate surface area is 133 Å². The number of thioether (sulfide) groups is 1. The first-order chi connectivity index (χ1) is 9.97. The largest absolute Gasteiger partial charge is 0.323 e. The van der Waals surface area contributed by atoms with Gasteiger partial charge >= 0.3 is 0 Å². The molecule has 1 atom stereocenters.